The molecule has 0 bridgehead atoms. The lowest BCUT2D eigenvalue weighted by atomic mass is 10.2. The number of amides is 1. The van der Waals surface area contributed by atoms with Crippen molar-refractivity contribution in [3.05, 3.63) is 29.8 Å². The molecule has 0 aromatic heterocycles. The number of nitrogens with zero attached hydrogens (tertiary/aromatic N) is 2. The largest absolute Gasteiger partial charge is 0.494 e. The second-order valence-corrected chi connectivity index (χ2v) is 6.12. The molecule has 0 aliphatic carbocycles. The normalized spacial score (nSPS) is 15.7. The third kappa shape index (κ3) is 5.87. The van der Waals surface area contributed by atoms with Gasteiger partial charge in [-0.2, -0.15) is 0 Å². The van der Waals surface area contributed by atoms with Crippen LogP contribution in [0.1, 0.15) is 38.7 Å². The fraction of sp³-hybridized carbons (Fsp3) is 0.632. The number of likely N-dealkylation sites (N-methyl/N-ethyl adjacent to an activating group) is 1. The predicted octanol–water partition coefficient (Wildman–Crippen LogP) is 2.96. The van der Waals surface area contributed by atoms with Crippen LogP contribution < -0.4 is 4.74 Å². The molecule has 23 heavy (non-hydrogen) atoms. The van der Waals surface area contributed by atoms with Crippen molar-refractivity contribution in [1.29, 1.82) is 0 Å². The lowest BCUT2D eigenvalue weighted by Gasteiger charge is -2.34. The van der Waals surface area contributed by atoms with Crippen molar-refractivity contribution in [2.24, 2.45) is 0 Å². The van der Waals surface area contributed by atoms with Crippen molar-refractivity contribution in [3.8, 4) is 5.75 Å². The lowest BCUT2D eigenvalue weighted by molar-refractivity contribution is -0.133. The van der Waals surface area contributed by atoms with E-state index < -0.39 is 0 Å². The van der Waals surface area contributed by atoms with Gasteiger partial charge in [0.05, 0.1) is 6.61 Å². The summed E-state index contributed by atoms with van der Waals surface area (Å²) in [5, 5.41) is 0. The van der Waals surface area contributed by atoms with E-state index in [1.54, 1.807) is 0 Å². The van der Waals surface area contributed by atoms with E-state index in [0.717, 1.165) is 57.7 Å². The summed E-state index contributed by atoms with van der Waals surface area (Å²) in [5.74, 6) is 1.22. The van der Waals surface area contributed by atoms with Gasteiger partial charge in [-0.25, -0.2) is 0 Å². The quantitative estimate of drug-likeness (QED) is 0.691. The van der Waals surface area contributed by atoms with E-state index in [0.29, 0.717) is 18.9 Å². The Morgan fingerprint density at radius 3 is 2.35 bits per heavy atom. The third-order valence-electron chi connectivity index (χ3n) is 4.56. The highest BCUT2D eigenvalue weighted by atomic mass is 16.5. The summed E-state index contributed by atoms with van der Waals surface area (Å²) in [6.07, 6.45) is 3.52. The van der Waals surface area contributed by atoms with Crippen LogP contribution in [0, 0.1) is 0 Å². The monoisotopic (exact) mass is 318 g/mol. The Kier molecular flexibility index (Phi) is 7.40. The Labute approximate surface area is 140 Å². The molecule has 1 aromatic rings. The van der Waals surface area contributed by atoms with Crippen LogP contribution in [0.25, 0.3) is 0 Å². The SMILES string of the molecule is CCc1ccc(OCCCCC(=O)N2CCN(CC)CC2)cc1. The highest BCUT2D eigenvalue weighted by Gasteiger charge is 2.19. The Balaban J connectivity index is 1.57. The van der Waals surface area contributed by atoms with Gasteiger partial charge in [-0.1, -0.05) is 26.0 Å². The lowest BCUT2D eigenvalue weighted by Crippen LogP contribution is -2.48. The van der Waals surface area contributed by atoms with Gasteiger partial charge in [0.15, 0.2) is 0 Å². The minimum Gasteiger partial charge on any atom is -0.494 e. The fourth-order valence-electron chi connectivity index (χ4n) is 2.86. The zero-order valence-corrected chi connectivity index (χ0v) is 14.6. The first-order valence-electron chi connectivity index (χ1n) is 8.94. The highest BCUT2D eigenvalue weighted by Crippen LogP contribution is 2.13. The Morgan fingerprint density at radius 2 is 1.74 bits per heavy atom. The predicted molar refractivity (Wildman–Crippen MR) is 93.9 cm³/mol. The van der Waals surface area contributed by atoms with E-state index in [2.05, 4.69) is 30.9 Å². The number of aryl methyl sites for hydroxylation is 1. The second kappa shape index (κ2) is 9.56. The van der Waals surface area contributed by atoms with Gasteiger partial charge in [-0.15, -0.1) is 0 Å². The number of benzene rings is 1. The van der Waals surface area contributed by atoms with Crippen molar-refractivity contribution < 1.29 is 9.53 Å². The molecule has 2 rings (SSSR count). The zero-order valence-electron chi connectivity index (χ0n) is 14.6. The smallest absolute Gasteiger partial charge is 0.222 e. The summed E-state index contributed by atoms with van der Waals surface area (Å²) in [5.41, 5.74) is 1.33. The molecule has 1 aliphatic rings. The van der Waals surface area contributed by atoms with Crippen molar-refractivity contribution >= 4 is 5.91 Å². The van der Waals surface area contributed by atoms with E-state index in [1.807, 2.05) is 17.0 Å². The van der Waals surface area contributed by atoms with Crippen molar-refractivity contribution in [2.45, 2.75) is 39.5 Å². The summed E-state index contributed by atoms with van der Waals surface area (Å²) >= 11 is 0. The van der Waals surface area contributed by atoms with Crippen LogP contribution in [0.5, 0.6) is 5.75 Å². The van der Waals surface area contributed by atoms with Crippen molar-refractivity contribution in [3.63, 3.8) is 0 Å². The number of rotatable bonds is 8. The fourth-order valence-corrected chi connectivity index (χ4v) is 2.86. The van der Waals surface area contributed by atoms with Gasteiger partial charge in [0.2, 0.25) is 5.91 Å². The summed E-state index contributed by atoms with van der Waals surface area (Å²) < 4.78 is 5.73. The maximum absolute atomic E-state index is 12.2. The summed E-state index contributed by atoms with van der Waals surface area (Å²) in [6.45, 7) is 9.88. The molecule has 0 atom stereocenters. The minimum atomic E-state index is 0.299. The van der Waals surface area contributed by atoms with Crippen LogP contribution in [0.3, 0.4) is 0 Å². The summed E-state index contributed by atoms with van der Waals surface area (Å²) in [7, 11) is 0. The van der Waals surface area contributed by atoms with Crippen LogP contribution in [0.4, 0.5) is 0 Å². The van der Waals surface area contributed by atoms with Gasteiger partial charge in [0.25, 0.3) is 0 Å². The number of carbonyl (C=O) groups is 1. The molecule has 1 aliphatic heterocycles. The van der Waals surface area contributed by atoms with Crippen molar-refractivity contribution in [1.82, 2.24) is 9.80 Å². The zero-order chi connectivity index (χ0) is 16.5. The maximum atomic E-state index is 12.2. The van der Waals surface area contributed by atoms with Gasteiger partial charge in [0, 0.05) is 32.6 Å². The van der Waals surface area contributed by atoms with E-state index >= 15 is 0 Å². The van der Waals surface area contributed by atoms with Crippen LogP contribution >= 0.6 is 0 Å². The summed E-state index contributed by atoms with van der Waals surface area (Å²) in [4.78, 5) is 16.6. The number of hydrogen-bond donors (Lipinski definition) is 0. The molecular weight excluding hydrogens is 288 g/mol. The van der Waals surface area contributed by atoms with E-state index in [4.69, 9.17) is 4.74 Å². The molecule has 1 aromatic carbocycles. The minimum absolute atomic E-state index is 0.299. The molecule has 4 nitrogen and oxygen atoms in total. The molecule has 0 N–H and O–H groups in total. The maximum Gasteiger partial charge on any atom is 0.222 e. The third-order valence-corrected chi connectivity index (χ3v) is 4.56. The molecule has 0 radical (unpaired) electrons. The number of piperazine rings is 1. The Morgan fingerprint density at radius 1 is 1.04 bits per heavy atom. The molecule has 1 amide bonds. The van der Waals surface area contributed by atoms with Gasteiger partial charge in [-0.3, -0.25) is 4.79 Å². The topological polar surface area (TPSA) is 32.8 Å². The Bertz CT molecular complexity index is 465. The molecule has 0 spiro atoms. The van der Waals surface area contributed by atoms with Gasteiger partial charge in [-0.05, 0) is 43.5 Å². The molecule has 1 fully saturated rings. The van der Waals surface area contributed by atoms with Crippen molar-refractivity contribution in [2.75, 3.05) is 39.3 Å². The van der Waals surface area contributed by atoms with E-state index in [-0.39, 0.29) is 0 Å². The van der Waals surface area contributed by atoms with Crippen LogP contribution in [-0.2, 0) is 11.2 Å². The Hall–Kier alpha value is -1.55. The summed E-state index contributed by atoms with van der Waals surface area (Å²) in [6, 6.07) is 8.26. The van der Waals surface area contributed by atoms with E-state index in [9.17, 15) is 4.79 Å². The molecule has 4 heteroatoms. The van der Waals surface area contributed by atoms with Crippen LogP contribution in [-0.4, -0.2) is 55.0 Å². The molecule has 0 saturated carbocycles. The van der Waals surface area contributed by atoms with Crippen LogP contribution in [0.2, 0.25) is 0 Å². The first-order valence-corrected chi connectivity index (χ1v) is 8.94. The molecule has 1 heterocycles. The molecule has 0 unspecified atom stereocenters. The number of hydrogen-bond acceptors (Lipinski definition) is 3. The van der Waals surface area contributed by atoms with Crippen LogP contribution in [0.15, 0.2) is 24.3 Å². The number of unbranched alkanes of at least 4 members (excludes halogenated alkanes) is 1. The first kappa shape index (κ1) is 17.8. The molecule has 1 saturated heterocycles. The highest BCUT2D eigenvalue weighted by molar-refractivity contribution is 5.76. The average Bonchev–Trinajstić information content (AvgIpc) is 2.62. The standard InChI is InChI=1S/C19H30N2O2/c1-3-17-8-10-18(11-9-17)23-16-6-5-7-19(22)21-14-12-20(4-2)13-15-21/h8-11H,3-7,12-16H2,1-2H3. The first-order chi connectivity index (χ1) is 11.2. The average molecular weight is 318 g/mol. The van der Waals surface area contributed by atoms with Gasteiger partial charge < -0.3 is 14.5 Å². The van der Waals surface area contributed by atoms with Gasteiger partial charge >= 0.3 is 0 Å². The number of ether oxygens (including phenoxy) is 1. The molecule has 128 valence electrons. The van der Waals surface area contributed by atoms with Gasteiger partial charge in [0.1, 0.15) is 5.75 Å². The second-order valence-electron chi connectivity index (χ2n) is 6.12. The number of carbonyl (C=O) groups excluding carboxylic acids is 1. The van der Waals surface area contributed by atoms with E-state index in [1.165, 1.54) is 5.56 Å². The molecular formula is C19H30N2O2.